The third-order valence-electron chi connectivity index (χ3n) is 5.19. The number of ketones is 1. The molecule has 0 saturated carbocycles. The number of hydrogen-bond acceptors (Lipinski definition) is 7. The summed E-state index contributed by atoms with van der Waals surface area (Å²) in [6, 6.07) is 6.39. The zero-order valence-electron chi connectivity index (χ0n) is 18.5. The van der Waals surface area contributed by atoms with Crippen molar-refractivity contribution in [3.63, 3.8) is 0 Å². The molecule has 3 aromatic heterocycles. The van der Waals surface area contributed by atoms with Crippen molar-refractivity contribution in [3.05, 3.63) is 65.4 Å². The molecule has 0 aliphatic rings. The van der Waals surface area contributed by atoms with E-state index in [1.54, 1.807) is 44.2 Å². The smallest absolute Gasteiger partial charge is 0.270 e. The lowest BCUT2D eigenvalue weighted by Gasteiger charge is -2.23. The van der Waals surface area contributed by atoms with Crippen LogP contribution in [0.4, 0.5) is 0 Å². The fourth-order valence-electron chi connectivity index (χ4n) is 3.42. The van der Waals surface area contributed by atoms with Gasteiger partial charge in [-0.15, -0.1) is 0 Å². The summed E-state index contributed by atoms with van der Waals surface area (Å²) in [5.41, 5.74) is 0.286. The van der Waals surface area contributed by atoms with Crippen LogP contribution in [0, 0.1) is 12.8 Å². The summed E-state index contributed by atoms with van der Waals surface area (Å²) in [5, 5.41) is 25.2. The Hall–Kier alpha value is -4.08. The summed E-state index contributed by atoms with van der Waals surface area (Å²) in [5.74, 6) is -2.28. The average Bonchev–Trinajstić information content (AvgIpc) is 3.40. The number of Topliss-reactive ketones (excluding diaryl/α,β-unsaturated/α-hetero) is 1. The molecule has 2 atom stereocenters. The first-order chi connectivity index (χ1) is 15.7. The second kappa shape index (κ2) is 10.0. The van der Waals surface area contributed by atoms with Gasteiger partial charge in [-0.3, -0.25) is 24.4 Å². The summed E-state index contributed by atoms with van der Waals surface area (Å²) in [4.78, 5) is 44.8. The summed E-state index contributed by atoms with van der Waals surface area (Å²) in [7, 11) is 0. The molecule has 33 heavy (non-hydrogen) atoms. The summed E-state index contributed by atoms with van der Waals surface area (Å²) in [6.07, 6.45) is 2.71. The molecule has 3 aromatic rings. The Balaban J connectivity index is 1.76. The minimum atomic E-state index is -0.971. The standard InChI is InChI=1S/C23H26N4O6/c1-12(2)19(20(29)18-13(3)21(30)27-23(18)32)26-17(28)11-15(16-8-6-10-33-16)25-22(31)14-7-4-5-9-24-14/h4-10,12,15,19,27,30,32H,11H2,1-3H3,(H,25,31)(H,26,28)/t15?,19-/m0/s1. The number of furan rings is 1. The molecule has 0 aromatic carbocycles. The molecule has 10 heteroatoms. The highest BCUT2D eigenvalue weighted by molar-refractivity contribution is 6.05. The fourth-order valence-corrected chi connectivity index (χ4v) is 3.42. The minimum Gasteiger partial charge on any atom is -0.494 e. The van der Waals surface area contributed by atoms with Crippen LogP contribution in [0.2, 0.25) is 0 Å². The van der Waals surface area contributed by atoms with Crippen molar-refractivity contribution in [2.45, 2.75) is 39.3 Å². The number of carbonyl (C=O) groups is 3. The quantitative estimate of drug-likeness (QED) is 0.311. The van der Waals surface area contributed by atoms with Crippen LogP contribution in [0.5, 0.6) is 11.8 Å². The van der Waals surface area contributed by atoms with Crippen LogP contribution in [-0.2, 0) is 4.79 Å². The zero-order chi connectivity index (χ0) is 24.1. The lowest BCUT2D eigenvalue weighted by atomic mass is 9.94. The van der Waals surface area contributed by atoms with Crippen molar-refractivity contribution < 1.29 is 29.0 Å². The second-order valence-corrected chi connectivity index (χ2v) is 7.94. The number of aromatic hydroxyl groups is 2. The number of nitrogens with zero attached hydrogens (tertiary/aromatic N) is 1. The van der Waals surface area contributed by atoms with Gasteiger partial charge in [-0.2, -0.15) is 0 Å². The highest BCUT2D eigenvalue weighted by atomic mass is 16.3. The molecule has 0 saturated heterocycles. The molecule has 0 fully saturated rings. The third-order valence-corrected chi connectivity index (χ3v) is 5.19. The molecule has 3 rings (SSSR count). The van der Waals surface area contributed by atoms with E-state index < -0.39 is 35.6 Å². The van der Waals surface area contributed by atoms with Gasteiger partial charge < -0.3 is 25.3 Å². The van der Waals surface area contributed by atoms with E-state index in [2.05, 4.69) is 20.6 Å². The highest BCUT2D eigenvalue weighted by Crippen LogP contribution is 2.30. The van der Waals surface area contributed by atoms with Crippen LogP contribution in [0.1, 0.15) is 58.5 Å². The van der Waals surface area contributed by atoms with E-state index in [1.807, 2.05) is 0 Å². The van der Waals surface area contributed by atoms with Crippen LogP contribution in [0.15, 0.2) is 47.2 Å². The molecule has 2 amide bonds. The van der Waals surface area contributed by atoms with Crippen molar-refractivity contribution >= 4 is 17.6 Å². The van der Waals surface area contributed by atoms with Gasteiger partial charge in [0.05, 0.1) is 30.3 Å². The first kappa shape index (κ1) is 23.6. The van der Waals surface area contributed by atoms with Crippen LogP contribution in [0.25, 0.3) is 0 Å². The van der Waals surface area contributed by atoms with Gasteiger partial charge in [0.2, 0.25) is 11.8 Å². The van der Waals surface area contributed by atoms with Gasteiger partial charge >= 0.3 is 0 Å². The van der Waals surface area contributed by atoms with Gasteiger partial charge in [-0.1, -0.05) is 19.9 Å². The van der Waals surface area contributed by atoms with Gasteiger partial charge in [0.15, 0.2) is 11.7 Å². The molecular weight excluding hydrogens is 428 g/mol. The highest BCUT2D eigenvalue weighted by Gasteiger charge is 2.32. The number of carbonyl (C=O) groups excluding carboxylic acids is 3. The lowest BCUT2D eigenvalue weighted by Crippen LogP contribution is -2.45. The molecule has 0 radical (unpaired) electrons. The molecule has 1 unspecified atom stereocenters. The van der Waals surface area contributed by atoms with Gasteiger partial charge in [-0.05, 0) is 37.1 Å². The maximum Gasteiger partial charge on any atom is 0.270 e. The Labute approximate surface area is 190 Å². The van der Waals surface area contributed by atoms with Crippen molar-refractivity contribution in [3.8, 4) is 11.8 Å². The number of aromatic amines is 1. The average molecular weight is 454 g/mol. The molecule has 10 nitrogen and oxygen atoms in total. The van der Waals surface area contributed by atoms with E-state index >= 15 is 0 Å². The fraction of sp³-hybridized carbons (Fsp3) is 0.304. The maximum absolute atomic E-state index is 13.1. The molecule has 3 heterocycles. The van der Waals surface area contributed by atoms with Gasteiger partial charge in [0.25, 0.3) is 5.91 Å². The largest absolute Gasteiger partial charge is 0.494 e. The summed E-state index contributed by atoms with van der Waals surface area (Å²) < 4.78 is 5.39. The predicted octanol–water partition coefficient (Wildman–Crippen LogP) is 2.61. The lowest BCUT2D eigenvalue weighted by molar-refractivity contribution is -0.122. The van der Waals surface area contributed by atoms with Crippen molar-refractivity contribution in [2.75, 3.05) is 0 Å². The van der Waals surface area contributed by atoms with Crippen LogP contribution in [-0.4, -0.2) is 43.8 Å². The molecule has 0 bridgehead atoms. The molecular formula is C23H26N4O6. The SMILES string of the molecule is Cc1c(O)[nH]c(O)c1C(=O)[C@@H](NC(=O)CC(NC(=O)c1ccccn1)c1ccco1)C(C)C. The number of aromatic nitrogens is 2. The van der Waals surface area contributed by atoms with E-state index in [9.17, 15) is 24.6 Å². The Morgan fingerprint density at radius 1 is 1.09 bits per heavy atom. The topological polar surface area (TPSA) is 158 Å². The number of nitrogens with one attached hydrogen (secondary N) is 3. The van der Waals surface area contributed by atoms with E-state index in [4.69, 9.17) is 4.42 Å². The van der Waals surface area contributed by atoms with Crippen LogP contribution < -0.4 is 10.6 Å². The van der Waals surface area contributed by atoms with Crippen molar-refractivity contribution in [1.29, 1.82) is 0 Å². The Bertz CT molecular complexity index is 1120. The van der Waals surface area contributed by atoms with Gasteiger partial charge in [0, 0.05) is 11.8 Å². The number of pyridine rings is 1. The Morgan fingerprint density at radius 3 is 2.39 bits per heavy atom. The van der Waals surface area contributed by atoms with Crippen LogP contribution in [0.3, 0.4) is 0 Å². The van der Waals surface area contributed by atoms with Gasteiger partial charge in [0.1, 0.15) is 11.5 Å². The monoisotopic (exact) mass is 454 g/mol. The number of rotatable bonds is 9. The number of H-pyrrole nitrogens is 1. The van der Waals surface area contributed by atoms with E-state index in [0.29, 0.717) is 5.76 Å². The zero-order valence-corrected chi connectivity index (χ0v) is 18.5. The number of hydrogen-bond donors (Lipinski definition) is 5. The van der Waals surface area contributed by atoms with Crippen molar-refractivity contribution in [1.82, 2.24) is 20.6 Å². The Morgan fingerprint density at radius 2 is 1.85 bits per heavy atom. The third kappa shape index (κ3) is 5.40. The van der Waals surface area contributed by atoms with E-state index in [-0.39, 0.29) is 35.0 Å². The molecule has 5 N–H and O–H groups in total. The summed E-state index contributed by atoms with van der Waals surface area (Å²) >= 11 is 0. The van der Waals surface area contributed by atoms with E-state index in [0.717, 1.165) is 0 Å². The van der Waals surface area contributed by atoms with Crippen LogP contribution >= 0.6 is 0 Å². The molecule has 0 aliphatic heterocycles. The summed E-state index contributed by atoms with van der Waals surface area (Å²) in [6.45, 7) is 4.97. The number of amides is 2. The van der Waals surface area contributed by atoms with Crippen molar-refractivity contribution in [2.24, 2.45) is 5.92 Å². The molecule has 0 aliphatic carbocycles. The molecule has 0 spiro atoms. The maximum atomic E-state index is 13.1. The Kier molecular flexibility index (Phi) is 7.17. The second-order valence-electron chi connectivity index (χ2n) is 7.94. The first-order valence-electron chi connectivity index (χ1n) is 10.4. The molecule has 174 valence electrons. The van der Waals surface area contributed by atoms with Gasteiger partial charge in [-0.25, -0.2) is 0 Å². The predicted molar refractivity (Wildman–Crippen MR) is 118 cm³/mol. The van der Waals surface area contributed by atoms with E-state index in [1.165, 1.54) is 19.4 Å². The normalized spacial score (nSPS) is 12.8. The minimum absolute atomic E-state index is 0.0856. The first-order valence-corrected chi connectivity index (χ1v) is 10.4.